The van der Waals surface area contributed by atoms with Crippen LogP contribution in [0.2, 0.25) is 0 Å². The van der Waals surface area contributed by atoms with Crippen molar-refractivity contribution in [2.24, 2.45) is 10.6 Å². The zero-order chi connectivity index (χ0) is 21.7. The lowest BCUT2D eigenvalue weighted by Crippen LogP contribution is -2.38. The third kappa shape index (κ3) is 6.05. The summed E-state index contributed by atoms with van der Waals surface area (Å²) in [6.07, 6.45) is 0.776. The van der Waals surface area contributed by atoms with Crippen molar-refractivity contribution in [3.8, 4) is 5.75 Å². The molecule has 30 heavy (non-hydrogen) atoms. The van der Waals surface area contributed by atoms with E-state index >= 15 is 0 Å². The number of benzene rings is 2. The molecule has 5 nitrogen and oxygen atoms in total. The molecule has 2 aromatic rings. The van der Waals surface area contributed by atoms with Gasteiger partial charge in [-0.1, -0.05) is 50.2 Å². The van der Waals surface area contributed by atoms with Crippen LogP contribution in [0, 0.1) is 11.2 Å². The molecule has 0 radical (unpaired) electrons. The normalized spacial score (nSPS) is 16.0. The first kappa shape index (κ1) is 21.8. The molecule has 1 aliphatic heterocycles. The van der Waals surface area contributed by atoms with Crippen LogP contribution in [0.4, 0.5) is 4.39 Å². The van der Waals surface area contributed by atoms with E-state index in [0.717, 1.165) is 22.6 Å². The summed E-state index contributed by atoms with van der Waals surface area (Å²) in [5, 5.41) is 4.17. The summed E-state index contributed by atoms with van der Waals surface area (Å²) < 4.78 is 18.5. The number of halogens is 1. The fourth-order valence-corrected chi connectivity index (χ4v) is 3.40. The fourth-order valence-electron chi connectivity index (χ4n) is 3.40. The molecule has 0 aromatic heterocycles. The quantitative estimate of drug-likeness (QED) is 0.657. The Bertz CT molecular complexity index is 903. The van der Waals surface area contributed by atoms with Crippen molar-refractivity contribution in [3.05, 3.63) is 65.5 Å². The van der Waals surface area contributed by atoms with Crippen LogP contribution >= 0.6 is 0 Å². The number of carbonyl (C=O) groups is 1. The highest BCUT2D eigenvalue weighted by Gasteiger charge is 2.28. The van der Waals surface area contributed by atoms with E-state index in [1.807, 2.05) is 29.2 Å². The molecule has 1 atom stereocenters. The predicted molar refractivity (Wildman–Crippen MR) is 115 cm³/mol. The van der Waals surface area contributed by atoms with Crippen LogP contribution in [0.5, 0.6) is 5.75 Å². The number of ether oxygens (including phenoxy) is 1. The first-order chi connectivity index (χ1) is 14.2. The van der Waals surface area contributed by atoms with Crippen molar-refractivity contribution in [2.45, 2.75) is 46.3 Å². The van der Waals surface area contributed by atoms with Crippen LogP contribution in [0.1, 0.15) is 44.7 Å². The molecule has 0 aliphatic carbocycles. The highest BCUT2D eigenvalue weighted by Crippen LogP contribution is 2.24. The van der Waals surface area contributed by atoms with Crippen molar-refractivity contribution in [3.63, 3.8) is 0 Å². The molecule has 1 heterocycles. The van der Waals surface area contributed by atoms with Gasteiger partial charge in [-0.25, -0.2) is 4.39 Å². The van der Waals surface area contributed by atoms with Crippen molar-refractivity contribution >= 4 is 11.6 Å². The number of hydrogen-bond donors (Lipinski definition) is 0. The third-order valence-corrected chi connectivity index (χ3v) is 4.88. The van der Waals surface area contributed by atoms with Gasteiger partial charge >= 0.3 is 0 Å². The van der Waals surface area contributed by atoms with Crippen molar-refractivity contribution < 1.29 is 18.8 Å². The number of nitrogens with zero attached hydrogens (tertiary/aromatic N) is 2. The van der Waals surface area contributed by atoms with Crippen LogP contribution in [-0.4, -0.2) is 36.3 Å². The molecule has 160 valence electrons. The minimum absolute atomic E-state index is 0.0733. The molecule has 0 saturated carbocycles. The minimum Gasteiger partial charge on any atom is -0.497 e. The highest BCUT2D eigenvalue weighted by atomic mass is 19.1. The van der Waals surface area contributed by atoms with Gasteiger partial charge in [0.05, 0.1) is 19.4 Å². The molecule has 1 amide bonds. The van der Waals surface area contributed by atoms with Crippen molar-refractivity contribution in [2.75, 3.05) is 13.7 Å². The van der Waals surface area contributed by atoms with E-state index in [1.54, 1.807) is 19.2 Å². The summed E-state index contributed by atoms with van der Waals surface area (Å²) >= 11 is 0. The van der Waals surface area contributed by atoms with E-state index in [-0.39, 0.29) is 23.2 Å². The van der Waals surface area contributed by atoms with E-state index in [1.165, 1.54) is 12.1 Å². The Labute approximate surface area is 177 Å². The second-order valence-corrected chi connectivity index (χ2v) is 8.84. The number of rotatable bonds is 7. The molecule has 2 aromatic carbocycles. The van der Waals surface area contributed by atoms with Gasteiger partial charge in [-0.3, -0.25) is 4.79 Å². The summed E-state index contributed by atoms with van der Waals surface area (Å²) in [4.78, 5) is 20.5. The van der Waals surface area contributed by atoms with Crippen LogP contribution in [0.15, 0.2) is 53.7 Å². The average molecular weight is 413 g/mol. The maximum absolute atomic E-state index is 13.2. The van der Waals surface area contributed by atoms with Gasteiger partial charge in [0.2, 0.25) is 5.91 Å². The molecule has 3 rings (SSSR count). The largest absolute Gasteiger partial charge is 0.497 e. The predicted octanol–water partition coefficient (Wildman–Crippen LogP) is 4.79. The van der Waals surface area contributed by atoms with E-state index in [2.05, 4.69) is 25.9 Å². The number of hydrogen-bond acceptors (Lipinski definition) is 4. The Morgan fingerprint density at radius 2 is 1.97 bits per heavy atom. The standard InChI is InChI=1S/C24H29FN2O3/c1-24(2,3)14-23(28)27(15-17-6-5-7-20(12-17)29-4)16-21-13-22(26-30-21)18-8-10-19(25)11-9-18/h5-12,21H,13-16H2,1-4H3/t21-/m1/s1. The van der Waals surface area contributed by atoms with E-state index in [0.29, 0.717) is 25.9 Å². The Kier molecular flexibility index (Phi) is 6.75. The molecular weight excluding hydrogens is 383 g/mol. The molecule has 0 unspecified atom stereocenters. The lowest BCUT2D eigenvalue weighted by atomic mass is 9.91. The first-order valence-electron chi connectivity index (χ1n) is 10.1. The van der Waals surface area contributed by atoms with Gasteiger partial charge in [-0.2, -0.15) is 0 Å². The molecule has 0 N–H and O–H groups in total. The average Bonchev–Trinajstić information content (AvgIpc) is 3.15. The molecule has 0 fully saturated rings. The van der Waals surface area contributed by atoms with Gasteiger partial charge in [0.25, 0.3) is 0 Å². The number of amides is 1. The SMILES string of the molecule is COc1cccc(CN(C[C@H]2CC(c3ccc(F)cc3)=NO2)C(=O)CC(C)(C)C)c1. The monoisotopic (exact) mass is 412 g/mol. The van der Waals surface area contributed by atoms with Crippen LogP contribution in [0.25, 0.3) is 0 Å². The van der Waals surface area contributed by atoms with Gasteiger partial charge in [-0.15, -0.1) is 0 Å². The second-order valence-electron chi connectivity index (χ2n) is 8.84. The topological polar surface area (TPSA) is 51.1 Å². The van der Waals surface area contributed by atoms with Gasteiger partial charge in [-0.05, 0) is 40.8 Å². The maximum atomic E-state index is 13.2. The van der Waals surface area contributed by atoms with Gasteiger partial charge in [0.15, 0.2) is 6.10 Å². The zero-order valence-electron chi connectivity index (χ0n) is 18.0. The van der Waals surface area contributed by atoms with Crippen LogP contribution in [0.3, 0.4) is 0 Å². The van der Waals surface area contributed by atoms with Crippen LogP contribution in [-0.2, 0) is 16.2 Å². The Morgan fingerprint density at radius 3 is 2.63 bits per heavy atom. The van der Waals surface area contributed by atoms with Gasteiger partial charge in [0, 0.05) is 19.4 Å². The molecule has 0 saturated heterocycles. The lowest BCUT2D eigenvalue weighted by molar-refractivity contribution is -0.135. The molecule has 6 heteroatoms. The third-order valence-electron chi connectivity index (χ3n) is 4.88. The minimum atomic E-state index is -0.285. The summed E-state index contributed by atoms with van der Waals surface area (Å²) in [5.74, 6) is 0.547. The summed E-state index contributed by atoms with van der Waals surface area (Å²) in [7, 11) is 1.63. The first-order valence-corrected chi connectivity index (χ1v) is 10.1. The summed E-state index contributed by atoms with van der Waals surface area (Å²) in [6, 6.07) is 13.9. The van der Waals surface area contributed by atoms with Crippen molar-refractivity contribution in [1.29, 1.82) is 0 Å². The zero-order valence-corrected chi connectivity index (χ0v) is 18.0. The van der Waals surface area contributed by atoms with Crippen molar-refractivity contribution in [1.82, 2.24) is 4.90 Å². The fraction of sp³-hybridized carbons (Fsp3) is 0.417. The molecule has 0 bridgehead atoms. The number of oxime groups is 1. The molecule has 1 aliphatic rings. The smallest absolute Gasteiger partial charge is 0.223 e. The number of carbonyl (C=O) groups excluding carboxylic acids is 1. The summed E-state index contributed by atoms with van der Waals surface area (Å²) in [6.45, 7) is 7.06. The van der Waals surface area contributed by atoms with Crippen LogP contribution < -0.4 is 4.74 Å². The van der Waals surface area contributed by atoms with E-state index in [4.69, 9.17) is 9.57 Å². The lowest BCUT2D eigenvalue weighted by Gasteiger charge is -2.28. The Hall–Kier alpha value is -2.89. The molecule has 0 spiro atoms. The Morgan fingerprint density at radius 1 is 1.23 bits per heavy atom. The van der Waals surface area contributed by atoms with Gasteiger partial charge < -0.3 is 14.5 Å². The second kappa shape index (κ2) is 9.28. The van der Waals surface area contributed by atoms with Gasteiger partial charge in [0.1, 0.15) is 11.6 Å². The maximum Gasteiger partial charge on any atom is 0.223 e. The van der Waals surface area contributed by atoms with E-state index < -0.39 is 0 Å². The summed E-state index contributed by atoms with van der Waals surface area (Å²) in [5.41, 5.74) is 2.48. The highest BCUT2D eigenvalue weighted by molar-refractivity contribution is 6.01. The van der Waals surface area contributed by atoms with E-state index in [9.17, 15) is 9.18 Å². The Balaban J connectivity index is 1.70. The number of methoxy groups -OCH3 is 1. The molecular formula is C24H29FN2O3.